The van der Waals surface area contributed by atoms with Gasteiger partial charge < -0.3 is 19.0 Å². The summed E-state index contributed by atoms with van der Waals surface area (Å²) in [4.78, 5) is 9.70. The van der Waals surface area contributed by atoms with Gasteiger partial charge in [0.15, 0.2) is 4.87 Å². The lowest BCUT2D eigenvalue weighted by Gasteiger charge is -2.35. The molecule has 0 aromatic heterocycles. The van der Waals surface area contributed by atoms with Crippen LogP contribution in [0.5, 0.6) is 0 Å². The quantitative estimate of drug-likeness (QED) is 0.400. The molecule has 0 spiro atoms. The molecule has 1 rings (SSSR count). The summed E-state index contributed by atoms with van der Waals surface area (Å²) in [7, 11) is 0. The molecule has 0 aliphatic carbocycles. The number of hydrogen-bond donors (Lipinski definition) is 0. The highest BCUT2D eigenvalue weighted by atomic mass is 35.5. The van der Waals surface area contributed by atoms with E-state index in [4.69, 9.17) is 25.8 Å². The molecule has 0 amide bonds. The van der Waals surface area contributed by atoms with Crippen molar-refractivity contribution in [3.05, 3.63) is 0 Å². The van der Waals surface area contributed by atoms with Crippen LogP contribution in [0.2, 0.25) is 0 Å². The number of carbonyl (C=O) groups is 1. The maximum atomic E-state index is 10.9. The molecule has 1 saturated heterocycles. The minimum atomic E-state index is -1.40. The number of rotatable bonds is 5. The van der Waals surface area contributed by atoms with Gasteiger partial charge in [-0.15, -0.1) is 11.6 Å². The SMILES string of the molecule is CCOC1(OCC)OCCC1(Cl)C=O. The lowest BCUT2D eigenvalue weighted by atomic mass is 10.1. The van der Waals surface area contributed by atoms with Gasteiger partial charge >= 0.3 is 5.97 Å². The first-order chi connectivity index (χ1) is 6.64. The molecule has 1 aliphatic rings. The van der Waals surface area contributed by atoms with Gasteiger partial charge in [0.2, 0.25) is 0 Å². The number of carbonyl (C=O) groups excluding carboxylic acids is 1. The zero-order valence-electron chi connectivity index (χ0n) is 8.42. The topological polar surface area (TPSA) is 44.8 Å². The third-order valence-corrected chi connectivity index (χ3v) is 2.63. The van der Waals surface area contributed by atoms with Gasteiger partial charge in [0.05, 0.1) is 6.61 Å². The third-order valence-electron chi connectivity index (χ3n) is 2.12. The first-order valence-electron chi connectivity index (χ1n) is 4.71. The van der Waals surface area contributed by atoms with Crippen LogP contribution in [0.3, 0.4) is 0 Å². The lowest BCUT2D eigenvalue weighted by Crippen LogP contribution is -2.52. The van der Waals surface area contributed by atoms with Gasteiger partial charge in [-0.25, -0.2) is 0 Å². The summed E-state index contributed by atoms with van der Waals surface area (Å²) in [6.07, 6.45) is 1.03. The monoisotopic (exact) mass is 222 g/mol. The lowest BCUT2D eigenvalue weighted by molar-refractivity contribution is -0.364. The number of ether oxygens (including phenoxy) is 3. The highest BCUT2D eigenvalue weighted by Gasteiger charge is 2.59. The Labute approximate surface area is 88.5 Å². The Bertz CT molecular complexity index is 203. The van der Waals surface area contributed by atoms with Crippen molar-refractivity contribution in [3.63, 3.8) is 0 Å². The maximum absolute atomic E-state index is 10.9. The number of alkyl halides is 1. The number of hydrogen-bond acceptors (Lipinski definition) is 4. The molecule has 1 unspecified atom stereocenters. The average molecular weight is 223 g/mol. The second kappa shape index (κ2) is 4.57. The van der Waals surface area contributed by atoms with E-state index in [1.807, 2.05) is 0 Å². The van der Waals surface area contributed by atoms with Crippen molar-refractivity contribution in [1.29, 1.82) is 0 Å². The zero-order chi connectivity index (χ0) is 10.7. The van der Waals surface area contributed by atoms with E-state index in [9.17, 15) is 4.79 Å². The van der Waals surface area contributed by atoms with Gasteiger partial charge in [0.25, 0.3) is 0 Å². The molecule has 0 aromatic rings. The predicted molar refractivity (Wildman–Crippen MR) is 51.2 cm³/mol. The van der Waals surface area contributed by atoms with Gasteiger partial charge in [-0.2, -0.15) is 0 Å². The summed E-state index contributed by atoms with van der Waals surface area (Å²) >= 11 is 6.09. The number of halogens is 1. The largest absolute Gasteiger partial charge is 0.326 e. The molecule has 5 heteroatoms. The molecular formula is C9H15ClO4. The minimum Gasteiger partial charge on any atom is -0.326 e. The molecular weight excluding hydrogens is 208 g/mol. The fraction of sp³-hybridized carbons (Fsp3) is 0.889. The van der Waals surface area contributed by atoms with Gasteiger partial charge in [-0.1, -0.05) is 0 Å². The Hall–Kier alpha value is -0.160. The Kier molecular flexibility index (Phi) is 3.89. The molecule has 1 atom stereocenters. The molecule has 1 heterocycles. The molecule has 1 fully saturated rings. The van der Waals surface area contributed by atoms with Crippen LogP contribution in [-0.2, 0) is 19.0 Å². The minimum absolute atomic E-state index is 0.363. The molecule has 4 nitrogen and oxygen atoms in total. The van der Waals surface area contributed by atoms with Crippen LogP contribution >= 0.6 is 11.6 Å². The summed E-state index contributed by atoms with van der Waals surface area (Å²) in [5, 5.41) is 0. The van der Waals surface area contributed by atoms with Crippen LogP contribution in [0.15, 0.2) is 0 Å². The normalized spacial score (nSPS) is 30.5. The molecule has 0 radical (unpaired) electrons. The highest BCUT2D eigenvalue weighted by molar-refractivity contribution is 6.32. The van der Waals surface area contributed by atoms with E-state index < -0.39 is 10.8 Å². The van der Waals surface area contributed by atoms with E-state index in [2.05, 4.69) is 0 Å². The standard InChI is InChI=1S/C9H15ClO4/c1-3-12-9(13-4-2)8(10,7-11)5-6-14-9/h7H,3-6H2,1-2H3. The van der Waals surface area contributed by atoms with Crippen LogP contribution in [0.4, 0.5) is 0 Å². The van der Waals surface area contributed by atoms with Crippen molar-refractivity contribution >= 4 is 17.9 Å². The van der Waals surface area contributed by atoms with E-state index in [0.29, 0.717) is 32.5 Å². The molecule has 0 bridgehead atoms. The van der Waals surface area contributed by atoms with Gasteiger partial charge in [-0.05, 0) is 13.8 Å². The third kappa shape index (κ3) is 1.80. The average Bonchev–Trinajstić information content (AvgIpc) is 2.47. The first kappa shape index (κ1) is 11.9. The molecule has 82 valence electrons. The summed E-state index contributed by atoms with van der Waals surface area (Å²) in [5.41, 5.74) is 0. The van der Waals surface area contributed by atoms with Crippen molar-refractivity contribution in [1.82, 2.24) is 0 Å². The van der Waals surface area contributed by atoms with Gasteiger partial charge in [0.1, 0.15) is 6.29 Å². The zero-order valence-corrected chi connectivity index (χ0v) is 9.17. The van der Waals surface area contributed by atoms with Crippen LogP contribution in [0, 0.1) is 0 Å². The molecule has 0 N–H and O–H groups in total. The summed E-state index contributed by atoms with van der Waals surface area (Å²) in [6.45, 7) is 4.71. The molecule has 1 aliphatic heterocycles. The molecule has 14 heavy (non-hydrogen) atoms. The van der Waals surface area contributed by atoms with E-state index >= 15 is 0 Å². The highest BCUT2D eigenvalue weighted by Crippen LogP contribution is 2.41. The Morgan fingerprint density at radius 1 is 1.43 bits per heavy atom. The maximum Gasteiger partial charge on any atom is 0.310 e. The van der Waals surface area contributed by atoms with Crippen LogP contribution in [0.25, 0.3) is 0 Å². The van der Waals surface area contributed by atoms with E-state index in [0.717, 1.165) is 0 Å². The summed E-state index contributed by atoms with van der Waals surface area (Å²) < 4.78 is 16.0. The van der Waals surface area contributed by atoms with Crippen LogP contribution < -0.4 is 0 Å². The number of aldehydes is 1. The van der Waals surface area contributed by atoms with Crippen molar-refractivity contribution in [3.8, 4) is 0 Å². The first-order valence-corrected chi connectivity index (χ1v) is 5.09. The van der Waals surface area contributed by atoms with Crippen molar-refractivity contribution < 1.29 is 19.0 Å². The van der Waals surface area contributed by atoms with E-state index in [-0.39, 0.29) is 0 Å². The van der Waals surface area contributed by atoms with Crippen LogP contribution in [0.1, 0.15) is 20.3 Å². The van der Waals surface area contributed by atoms with Crippen molar-refractivity contribution in [2.45, 2.75) is 31.1 Å². The van der Waals surface area contributed by atoms with Gasteiger partial charge in [0, 0.05) is 19.6 Å². The second-order valence-electron chi connectivity index (χ2n) is 3.00. The predicted octanol–water partition coefficient (Wildman–Crippen LogP) is 1.31. The molecule has 0 aromatic carbocycles. The van der Waals surface area contributed by atoms with Crippen LogP contribution in [-0.4, -0.2) is 37.0 Å². The van der Waals surface area contributed by atoms with Gasteiger partial charge in [-0.3, -0.25) is 0 Å². The molecule has 0 saturated carbocycles. The second-order valence-corrected chi connectivity index (χ2v) is 3.68. The Balaban J connectivity index is 2.88. The van der Waals surface area contributed by atoms with E-state index in [1.165, 1.54) is 0 Å². The van der Waals surface area contributed by atoms with Crippen molar-refractivity contribution in [2.75, 3.05) is 19.8 Å². The smallest absolute Gasteiger partial charge is 0.310 e. The summed E-state index contributed by atoms with van der Waals surface area (Å²) in [6, 6.07) is 0. The fourth-order valence-corrected chi connectivity index (χ4v) is 1.72. The van der Waals surface area contributed by atoms with Crippen molar-refractivity contribution in [2.24, 2.45) is 0 Å². The Morgan fingerprint density at radius 3 is 2.43 bits per heavy atom. The summed E-state index contributed by atoms with van der Waals surface area (Å²) in [5.74, 6) is -1.40. The fourth-order valence-electron chi connectivity index (χ4n) is 1.48. The Morgan fingerprint density at radius 2 is 2.00 bits per heavy atom. The van der Waals surface area contributed by atoms with E-state index in [1.54, 1.807) is 13.8 Å².